The van der Waals surface area contributed by atoms with Crippen molar-refractivity contribution in [3.8, 4) is 0 Å². The van der Waals surface area contributed by atoms with Crippen molar-refractivity contribution in [3.05, 3.63) is 23.3 Å². The zero-order valence-corrected chi connectivity index (χ0v) is 10.5. The molecule has 0 aliphatic heterocycles. The molecule has 0 fully saturated rings. The van der Waals surface area contributed by atoms with E-state index in [1.165, 1.54) is 24.0 Å². The van der Waals surface area contributed by atoms with Crippen molar-refractivity contribution in [1.82, 2.24) is 9.55 Å². The monoisotopic (exact) mass is 245 g/mol. The van der Waals surface area contributed by atoms with E-state index in [1.54, 1.807) is 0 Å². The van der Waals surface area contributed by atoms with Crippen molar-refractivity contribution in [1.29, 1.82) is 0 Å². The number of aliphatic hydroxyl groups is 1. The van der Waals surface area contributed by atoms with Crippen LogP contribution in [0, 0.1) is 0 Å². The molecule has 96 valence electrons. The molecule has 3 rings (SSSR count). The van der Waals surface area contributed by atoms with Crippen LogP contribution in [0.15, 0.2) is 12.1 Å². The van der Waals surface area contributed by atoms with Gasteiger partial charge >= 0.3 is 0 Å². The molecule has 4 heteroatoms. The van der Waals surface area contributed by atoms with Crippen molar-refractivity contribution < 1.29 is 5.11 Å². The standard InChI is InChI=1S/C14H19N3O/c15-14-16-12-8-10-4-1-2-5-11(10)9-13(12)17(14)6-3-7-18/h8-9,18H,1-7H2,(H2,15,16). The molecule has 0 radical (unpaired) electrons. The summed E-state index contributed by atoms with van der Waals surface area (Å²) in [5.74, 6) is 0.556. The summed E-state index contributed by atoms with van der Waals surface area (Å²) >= 11 is 0. The van der Waals surface area contributed by atoms with Crippen LogP contribution in [0.3, 0.4) is 0 Å². The highest BCUT2D eigenvalue weighted by atomic mass is 16.3. The first-order valence-corrected chi connectivity index (χ1v) is 6.68. The van der Waals surface area contributed by atoms with Gasteiger partial charge in [0.25, 0.3) is 0 Å². The molecule has 1 aromatic carbocycles. The van der Waals surface area contributed by atoms with Gasteiger partial charge in [-0.1, -0.05) is 0 Å². The fourth-order valence-corrected chi connectivity index (χ4v) is 2.84. The van der Waals surface area contributed by atoms with Crippen LogP contribution in [0.2, 0.25) is 0 Å². The maximum Gasteiger partial charge on any atom is 0.201 e. The van der Waals surface area contributed by atoms with Crippen LogP contribution < -0.4 is 5.73 Å². The smallest absolute Gasteiger partial charge is 0.201 e. The lowest BCUT2D eigenvalue weighted by Crippen LogP contribution is -2.06. The van der Waals surface area contributed by atoms with Crippen molar-refractivity contribution >= 4 is 17.0 Å². The van der Waals surface area contributed by atoms with Gasteiger partial charge in [-0.15, -0.1) is 0 Å². The maximum absolute atomic E-state index is 8.95. The van der Waals surface area contributed by atoms with E-state index in [0.717, 1.165) is 30.4 Å². The minimum absolute atomic E-state index is 0.185. The number of nitrogen functional groups attached to an aromatic ring is 1. The van der Waals surface area contributed by atoms with E-state index < -0.39 is 0 Å². The highest BCUT2D eigenvalue weighted by Gasteiger charge is 2.14. The molecule has 18 heavy (non-hydrogen) atoms. The zero-order chi connectivity index (χ0) is 12.5. The Morgan fingerprint density at radius 1 is 1.22 bits per heavy atom. The van der Waals surface area contributed by atoms with E-state index in [1.807, 2.05) is 4.57 Å². The fraction of sp³-hybridized carbons (Fsp3) is 0.500. The van der Waals surface area contributed by atoms with E-state index >= 15 is 0 Å². The first-order valence-electron chi connectivity index (χ1n) is 6.68. The summed E-state index contributed by atoms with van der Waals surface area (Å²) in [4.78, 5) is 4.43. The second-order valence-corrected chi connectivity index (χ2v) is 5.02. The molecule has 1 aliphatic rings. The molecule has 0 unspecified atom stereocenters. The van der Waals surface area contributed by atoms with Gasteiger partial charge in [-0.25, -0.2) is 4.98 Å². The minimum atomic E-state index is 0.185. The highest BCUT2D eigenvalue weighted by Crippen LogP contribution is 2.27. The minimum Gasteiger partial charge on any atom is -0.396 e. The van der Waals surface area contributed by atoms with Crippen LogP contribution >= 0.6 is 0 Å². The van der Waals surface area contributed by atoms with Crippen LogP contribution in [0.25, 0.3) is 11.0 Å². The second-order valence-electron chi connectivity index (χ2n) is 5.02. The molecule has 2 aromatic rings. The van der Waals surface area contributed by atoms with Gasteiger partial charge in [0.15, 0.2) is 0 Å². The van der Waals surface area contributed by atoms with Gasteiger partial charge in [-0.05, 0) is 55.4 Å². The third-order valence-electron chi connectivity index (χ3n) is 3.78. The molecule has 1 aliphatic carbocycles. The summed E-state index contributed by atoms with van der Waals surface area (Å²) in [6.45, 7) is 0.918. The van der Waals surface area contributed by atoms with Crippen molar-refractivity contribution in [2.75, 3.05) is 12.3 Å². The Kier molecular flexibility index (Phi) is 2.96. The van der Waals surface area contributed by atoms with Crippen LogP contribution in [-0.2, 0) is 19.4 Å². The predicted molar refractivity (Wildman–Crippen MR) is 72.5 cm³/mol. The Morgan fingerprint density at radius 3 is 2.67 bits per heavy atom. The number of fused-ring (bicyclic) bond motifs is 2. The molecule has 0 amide bonds. The first kappa shape index (κ1) is 11.5. The molecular formula is C14H19N3O. The lowest BCUT2D eigenvalue weighted by Gasteiger charge is -2.15. The molecule has 1 aromatic heterocycles. The number of rotatable bonds is 3. The molecule has 0 spiro atoms. The molecule has 0 atom stereocenters. The van der Waals surface area contributed by atoms with Gasteiger partial charge in [-0.3, -0.25) is 0 Å². The van der Waals surface area contributed by atoms with Gasteiger partial charge in [-0.2, -0.15) is 0 Å². The molecule has 0 saturated carbocycles. The number of imidazole rings is 1. The number of aryl methyl sites for hydroxylation is 3. The summed E-state index contributed by atoms with van der Waals surface area (Å²) in [6.07, 6.45) is 5.59. The van der Waals surface area contributed by atoms with E-state index in [9.17, 15) is 0 Å². The van der Waals surface area contributed by atoms with E-state index in [2.05, 4.69) is 17.1 Å². The first-order chi connectivity index (χ1) is 8.79. The molecular weight excluding hydrogens is 226 g/mol. The number of hydrogen-bond donors (Lipinski definition) is 2. The average molecular weight is 245 g/mol. The van der Waals surface area contributed by atoms with Gasteiger partial charge < -0.3 is 15.4 Å². The van der Waals surface area contributed by atoms with Crippen molar-refractivity contribution in [2.24, 2.45) is 0 Å². The Labute approximate surface area is 106 Å². The molecule has 3 N–H and O–H groups in total. The van der Waals surface area contributed by atoms with Crippen molar-refractivity contribution in [2.45, 2.75) is 38.6 Å². The topological polar surface area (TPSA) is 64.1 Å². The van der Waals surface area contributed by atoms with E-state index in [4.69, 9.17) is 10.8 Å². The zero-order valence-electron chi connectivity index (χ0n) is 10.5. The normalized spacial score (nSPS) is 14.9. The summed E-state index contributed by atoms with van der Waals surface area (Å²) in [5, 5.41) is 8.95. The van der Waals surface area contributed by atoms with E-state index in [-0.39, 0.29) is 6.61 Å². The van der Waals surface area contributed by atoms with Crippen molar-refractivity contribution in [3.63, 3.8) is 0 Å². The van der Waals surface area contributed by atoms with Gasteiger partial charge in [0.1, 0.15) is 0 Å². The lowest BCUT2D eigenvalue weighted by atomic mass is 9.91. The lowest BCUT2D eigenvalue weighted by molar-refractivity contribution is 0.281. The van der Waals surface area contributed by atoms with Gasteiger partial charge in [0.05, 0.1) is 11.0 Å². The number of nitrogens with zero attached hydrogens (tertiary/aromatic N) is 2. The summed E-state index contributed by atoms with van der Waals surface area (Å²) in [6, 6.07) is 4.43. The number of hydrogen-bond acceptors (Lipinski definition) is 3. The van der Waals surface area contributed by atoms with E-state index in [0.29, 0.717) is 12.4 Å². The Hall–Kier alpha value is -1.55. The summed E-state index contributed by atoms with van der Waals surface area (Å²) in [5.41, 5.74) is 10.9. The number of anilines is 1. The molecule has 0 saturated heterocycles. The molecule has 4 nitrogen and oxygen atoms in total. The average Bonchev–Trinajstić information content (AvgIpc) is 2.68. The predicted octanol–water partition coefficient (Wildman–Crippen LogP) is 1.88. The second kappa shape index (κ2) is 4.61. The van der Waals surface area contributed by atoms with Crippen LogP contribution in [0.4, 0.5) is 5.95 Å². The largest absolute Gasteiger partial charge is 0.396 e. The molecule has 1 heterocycles. The van der Waals surface area contributed by atoms with Crippen LogP contribution in [0.5, 0.6) is 0 Å². The number of aromatic nitrogens is 2. The third kappa shape index (κ3) is 1.86. The number of nitrogens with two attached hydrogens (primary N) is 1. The SMILES string of the molecule is Nc1nc2cc3c(cc2n1CCCO)CCCC3. The summed E-state index contributed by atoms with van der Waals surface area (Å²) in [7, 11) is 0. The fourth-order valence-electron chi connectivity index (χ4n) is 2.84. The highest BCUT2D eigenvalue weighted by molar-refractivity contribution is 5.80. The quantitative estimate of drug-likeness (QED) is 0.867. The third-order valence-corrected chi connectivity index (χ3v) is 3.78. The Morgan fingerprint density at radius 2 is 1.94 bits per heavy atom. The Bertz CT molecular complexity index is 574. The van der Waals surface area contributed by atoms with Gasteiger partial charge in [0.2, 0.25) is 5.95 Å². The number of aliphatic hydroxyl groups excluding tert-OH is 1. The van der Waals surface area contributed by atoms with Crippen LogP contribution in [-0.4, -0.2) is 21.3 Å². The number of benzene rings is 1. The Balaban J connectivity index is 2.10. The summed E-state index contributed by atoms with van der Waals surface area (Å²) < 4.78 is 2.01. The molecule has 0 bridgehead atoms. The maximum atomic E-state index is 8.95. The van der Waals surface area contributed by atoms with Gasteiger partial charge in [0, 0.05) is 13.2 Å². The van der Waals surface area contributed by atoms with Crippen LogP contribution in [0.1, 0.15) is 30.4 Å².